The predicted molar refractivity (Wildman–Crippen MR) is 77.5 cm³/mol. The molecule has 0 aliphatic carbocycles. The molecule has 1 saturated heterocycles. The Hall–Kier alpha value is -1.88. The molecule has 0 aromatic heterocycles. The van der Waals surface area contributed by atoms with E-state index >= 15 is 0 Å². The predicted octanol–water partition coefficient (Wildman–Crippen LogP) is 0.929. The highest BCUT2D eigenvalue weighted by Crippen LogP contribution is 2.23. The Morgan fingerprint density at radius 1 is 1.42 bits per heavy atom. The monoisotopic (exact) mass is 260 g/mol. The number of benzene rings is 1. The topological polar surface area (TPSA) is 93.5 Å². The molecule has 0 radical (unpaired) electrons. The van der Waals surface area contributed by atoms with Crippen LogP contribution < -0.4 is 16.8 Å². The van der Waals surface area contributed by atoms with Gasteiger partial charge in [0, 0.05) is 17.8 Å². The Morgan fingerprint density at radius 3 is 2.68 bits per heavy atom. The van der Waals surface area contributed by atoms with Crippen molar-refractivity contribution in [1.82, 2.24) is 5.32 Å². The van der Waals surface area contributed by atoms with Crippen LogP contribution in [0.1, 0.15) is 36.2 Å². The van der Waals surface area contributed by atoms with Gasteiger partial charge in [0.15, 0.2) is 0 Å². The Morgan fingerprint density at radius 2 is 2.11 bits per heavy atom. The second-order valence-electron chi connectivity index (χ2n) is 5.25. The maximum absolute atomic E-state index is 11.3. The number of hydrogen-bond donors (Lipinski definition) is 3. The molecule has 1 atom stereocenters. The van der Waals surface area contributed by atoms with Crippen molar-refractivity contribution in [3.8, 4) is 0 Å². The van der Waals surface area contributed by atoms with Crippen molar-refractivity contribution in [2.75, 3.05) is 18.8 Å². The van der Waals surface area contributed by atoms with Gasteiger partial charge in [-0.25, -0.2) is 0 Å². The second-order valence-corrected chi connectivity index (χ2v) is 5.25. The van der Waals surface area contributed by atoms with Crippen LogP contribution in [0.3, 0.4) is 0 Å². The van der Waals surface area contributed by atoms with Crippen LogP contribution in [-0.4, -0.2) is 30.2 Å². The Kier molecular flexibility index (Phi) is 3.57. The first kappa shape index (κ1) is 13.5. The van der Waals surface area contributed by atoms with Gasteiger partial charge in [-0.05, 0) is 32.9 Å². The molecule has 1 fully saturated rings. The number of nitrogen functional groups attached to an aromatic ring is 1. The lowest BCUT2D eigenvalue weighted by atomic mass is 10.00. The maximum atomic E-state index is 11.3. The standard InChI is InChI=1S/C14H20N4O/c1-9(18-14(2)6-7-17-8-14)10-4-3-5-11(12(10)15)13(16)19/h3-5,17H,6-8,15H2,1-2H3,(H2,16,19). The van der Waals surface area contributed by atoms with Gasteiger partial charge in [0.2, 0.25) is 0 Å². The van der Waals surface area contributed by atoms with Crippen LogP contribution in [0.5, 0.6) is 0 Å². The highest BCUT2D eigenvalue weighted by atomic mass is 16.1. The number of para-hydroxylation sites is 1. The van der Waals surface area contributed by atoms with Gasteiger partial charge in [-0.3, -0.25) is 9.79 Å². The molecule has 1 unspecified atom stereocenters. The zero-order valence-electron chi connectivity index (χ0n) is 11.4. The SMILES string of the molecule is CC(=NC1(C)CCNC1)c1cccc(C(N)=O)c1N. The molecule has 19 heavy (non-hydrogen) atoms. The van der Waals surface area contributed by atoms with Crippen LogP contribution in [0.2, 0.25) is 0 Å². The molecule has 1 aliphatic rings. The van der Waals surface area contributed by atoms with Crippen LogP contribution in [0.4, 0.5) is 5.69 Å². The average Bonchev–Trinajstić information content (AvgIpc) is 2.75. The fourth-order valence-electron chi connectivity index (χ4n) is 2.46. The van der Waals surface area contributed by atoms with Crippen LogP contribution in [-0.2, 0) is 0 Å². The fraction of sp³-hybridized carbons (Fsp3) is 0.429. The molecule has 1 heterocycles. The van der Waals surface area contributed by atoms with E-state index in [4.69, 9.17) is 16.5 Å². The van der Waals surface area contributed by atoms with Gasteiger partial charge in [0.25, 0.3) is 5.91 Å². The summed E-state index contributed by atoms with van der Waals surface area (Å²) in [6.45, 7) is 5.87. The highest BCUT2D eigenvalue weighted by Gasteiger charge is 2.28. The van der Waals surface area contributed by atoms with Gasteiger partial charge in [-0.2, -0.15) is 0 Å². The Labute approximate surface area is 113 Å². The van der Waals surface area contributed by atoms with E-state index in [9.17, 15) is 4.79 Å². The molecule has 5 nitrogen and oxygen atoms in total. The lowest BCUT2D eigenvalue weighted by Crippen LogP contribution is -2.26. The van der Waals surface area contributed by atoms with E-state index in [-0.39, 0.29) is 5.54 Å². The minimum atomic E-state index is -0.513. The number of aliphatic imine (C=N–C) groups is 1. The number of nitrogens with two attached hydrogens (primary N) is 2. The fourth-order valence-corrected chi connectivity index (χ4v) is 2.46. The van der Waals surface area contributed by atoms with Crippen molar-refractivity contribution in [3.05, 3.63) is 29.3 Å². The second kappa shape index (κ2) is 5.01. The first-order valence-electron chi connectivity index (χ1n) is 6.39. The van der Waals surface area contributed by atoms with E-state index in [1.807, 2.05) is 13.0 Å². The largest absolute Gasteiger partial charge is 0.398 e. The summed E-state index contributed by atoms with van der Waals surface area (Å²) in [6, 6.07) is 5.28. The summed E-state index contributed by atoms with van der Waals surface area (Å²) in [5.41, 5.74) is 13.6. The minimum absolute atomic E-state index is 0.0980. The molecule has 1 aromatic rings. The molecule has 5 heteroatoms. The van der Waals surface area contributed by atoms with Gasteiger partial charge < -0.3 is 16.8 Å². The summed E-state index contributed by atoms with van der Waals surface area (Å²) < 4.78 is 0. The third-order valence-electron chi connectivity index (χ3n) is 3.55. The number of nitrogens with zero attached hydrogens (tertiary/aromatic N) is 1. The van der Waals surface area contributed by atoms with E-state index in [0.29, 0.717) is 11.3 Å². The molecule has 5 N–H and O–H groups in total. The summed E-state index contributed by atoms with van der Waals surface area (Å²) in [5, 5.41) is 3.30. The third-order valence-corrected chi connectivity index (χ3v) is 3.55. The molecule has 1 aromatic carbocycles. The Balaban J connectivity index is 2.39. The quantitative estimate of drug-likeness (QED) is 0.557. The number of primary amides is 1. The molecular weight excluding hydrogens is 240 g/mol. The van der Waals surface area contributed by atoms with E-state index < -0.39 is 5.91 Å². The molecule has 1 aliphatic heterocycles. The van der Waals surface area contributed by atoms with Crippen LogP contribution in [0.15, 0.2) is 23.2 Å². The van der Waals surface area contributed by atoms with Gasteiger partial charge in [-0.1, -0.05) is 12.1 Å². The molecule has 0 saturated carbocycles. The summed E-state index contributed by atoms with van der Waals surface area (Å²) >= 11 is 0. The number of carbonyl (C=O) groups is 1. The number of anilines is 1. The lowest BCUT2D eigenvalue weighted by Gasteiger charge is -2.19. The molecule has 2 rings (SSSR count). The molecule has 1 amide bonds. The zero-order chi connectivity index (χ0) is 14.0. The smallest absolute Gasteiger partial charge is 0.250 e. The number of nitrogens with one attached hydrogen (secondary N) is 1. The van der Waals surface area contributed by atoms with Gasteiger partial charge in [0.1, 0.15) is 0 Å². The summed E-state index contributed by atoms with van der Waals surface area (Å²) in [6.07, 6.45) is 1.000. The molecule has 0 bridgehead atoms. The number of carbonyl (C=O) groups excluding carboxylic acids is 1. The van der Waals surface area contributed by atoms with Gasteiger partial charge >= 0.3 is 0 Å². The van der Waals surface area contributed by atoms with Crippen molar-refractivity contribution < 1.29 is 4.79 Å². The van der Waals surface area contributed by atoms with Gasteiger partial charge in [0.05, 0.1) is 16.8 Å². The minimum Gasteiger partial charge on any atom is -0.398 e. The van der Waals surface area contributed by atoms with Crippen molar-refractivity contribution in [1.29, 1.82) is 0 Å². The van der Waals surface area contributed by atoms with E-state index in [1.54, 1.807) is 12.1 Å². The van der Waals surface area contributed by atoms with Gasteiger partial charge in [-0.15, -0.1) is 0 Å². The summed E-state index contributed by atoms with van der Waals surface area (Å²) in [5.74, 6) is -0.513. The van der Waals surface area contributed by atoms with Crippen LogP contribution >= 0.6 is 0 Å². The number of amides is 1. The van der Waals surface area contributed by atoms with Crippen LogP contribution in [0.25, 0.3) is 0 Å². The normalized spacial score (nSPS) is 23.6. The Bertz CT molecular complexity index is 530. The lowest BCUT2D eigenvalue weighted by molar-refractivity contribution is 0.100. The van der Waals surface area contributed by atoms with E-state index in [2.05, 4.69) is 12.2 Å². The highest BCUT2D eigenvalue weighted by molar-refractivity contribution is 6.08. The molecular formula is C14H20N4O. The van der Waals surface area contributed by atoms with Crippen molar-refractivity contribution in [2.24, 2.45) is 10.7 Å². The zero-order valence-corrected chi connectivity index (χ0v) is 11.4. The third kappa shape index (κ3) is 2.76. The van der Waals surface area contributed by atoms with Crippen molar-refractivity contribution >= 4 is 17.3 Å². The first-order chi connectivity index (χ1) is 8.93. The van der Waals surface area contributed by atoms with Crippen LogP contribution in [0, 0.1) is 0 Å². The summed E-state index contributed by atoms with van der Waals surface area (Å²) in [4.78, 5) is 16.1. The van der Waals surface area contributed by atoms with Crippen molar-refractivity contribution in [3.63, 3.8) is 0 Å². The first-order valence-corrected chi connectivity index (χ1v) is 6.39. The van der Waals surface area contributed by atoms with E-state index in [1.165, 1.54) is 0 Å². The summed E-state index contributed by atoms with van der Waals surface area (Å²) in [7, 11) is 0. The maximum Gasteiger partial charge on any atom is 0.250 e. The van der Waals surface area contributed by atoms with Crippen molar-refractivity contribution in [2.45, 2.75) is 25.8 Å². The number of hydrogen-bond acceptors (Lipinski definition) is 4. The van der Waals surface area contributed by atoms with E-state index in [0.717, 1.165) is 30.8 Å². The average molecular weight is 260 g/mol. The molecule has 0 spiro atoms. The molecule has 102 valence electrons. The number of rotatable bonds is 3.